The van der Waals surface area contributed by atoms with Gasteiger partial charge in [-0.3, -0.25) is 0 Å². The number of hydrogen-bond acceptors (Lipinski definition) is 4. The van der Waals surface area contributed by atoms with Crippen molar-refractivity contribution in [3.63, 3.8) is 0 Å². The number of carbonyl (C=O) groups is 2. The zero-order chi connectivity index (χ0) is 14.5. The van der Waals surface area contributed by atoms with E-state index in [0.29, 0.717) is 12.5 Å². The predicted octanol–water partition coefficient (Wildman–Crippen LogP) is -0.0264. The van der Waals surface area contributed by atoms with Gasteiger partial charge in [0, 0.05) is 12.8 Å². The molecule has 0 aromatic rings. The first-order valence-corrected chi connectivity index (χ1v) is 8.29. The first-order chi connectivity index (χ1) is 8.78. The summed E-state index contributed by atoms with van der Waals surface area (Å²) in [6.45, 7) is 0.509. The fourth-order valence-corrected chi connectivity index (χ4v) is 2.26. The maximum Gasteiger partial charge on any atom is 0.326 e. The van der Waals surface area contributed by atoms with Crippen LogP contribution in [0.3, 0.4) is 0 Å². The third kappa shape index (κ3) is 7.66. The van der Waals surface area contributed by atoms with Crippen molar-refractivity contribution < 1.29 is 23.1 Å². The van der Waals surface area contributed by atoms with Crippen LogP contribution in [0.5, 0.6) is 0 Å². The molecule has 1 fully saturated rings. The third-order valence-corrected chi connectivity index (χ3v) is 3.89. The number of carbonyl (C=O) groups excluding carboxylic acids is 1. The molecule has 0 heterocycles. The Bertz CT molecular complexity index is 430. The zero-order valence-electron chi connectivity index (χ0n) is 10.9. The van der Waals surface area contributed by atoms with Crippen molar-refractivity contribution in [2.45, 2.75) is 31.7 Å². The van der Waals surface area contributed by atoms with E-state index in [-0.39, 0.29) is 12.2 Å². The largest absolute Gasteiger partial charge is 0.480 e. The highest BCUT2D eigenvalue weighted by Crippen LogP contribution is 2.31. The minimum Gasteiger partial charge on any atom is -0.480 e. The van der Waals surface area contributed by atoms with Crippen LogP contribution in [0, 0.1) is 5.92 Å². The summed E-state index contributed by atoms with van der Waals surface area (Å²) >= 11 is 0. The highest BCUT2D eigenvalue weighted by Gasteiger charge is 2.23. The number of nitrogens with one attached hydrogen (secondary N) is 2. The Morgan fingerprint density at radius 1 is 1.37 bits per heavy atom. The van der Waals surface area contributed by atoms with E-state index in [1.807, 2.05) is 0 Å². The van der Waals surface area contributed by atoms with Crippen LogP contribution in [0.2, 0.25) is 0 Å². The zero-order valence-corrected chi connectivity index (χ0v) is 11.7. The van der Waals surface area contributed by atoms with Crippen LogP contribution in [0.25, 0.3) is 0 Å². The van der Waals surface area contributed by atoms with Gasteiger partial charge in [0.25, 0.3) is 0 Å². The number of amides is 2. The lowest BCUT2D eigenvalue weighted by molar-refractivity contribution is -0.139. The van der Waals surface area contributed by atoms with Gasteiger partial charge < -0.3 is 15.7 Å². The average Bonchev–Trinajstić information content (AvgIpc) is 3.06. The summed E-state index contributed by atoms with van der Waals surface area (Å²) < 4.78 is 22.0. The summed E-state index contributed by atoms with van der Waals surface area (Å²) in [5, 5.41) is 13.7. The highest BCUT2D eigenvalue weighted by molar-refractivity contribution is 7.90. The van der Waals surface area contributed by atoms with Crippen molar-refractivity contribution in [1.82, 2.24) is 10.6 Å². The second-order valence-electron chi connectivity index (χ2n) is 4.94. The molecule has 1 unspecified atom stereocenters. The summed E-state index contributed by atoms with van der Waals surface area (Å²) in [6.07, 6.45) is 4.17. The molecule has 1 rings (SSSR count). The van der Waals surface area contributed by atoms with E-state index < -0.39 is 27.9 Å². The summed E-state index contributed by atoms with van der Waals surface area (Å²) in [5.74, 6) is -0.825. The van der Waals surface area contributed by atoms with Crippen LogP contribution < -0.4 is 10.6 Å². The predicted molar refractivity (Wildman–Crippen MR) is 69.6 cm³/mol. The van der Waals surface area contributed by atoms with Gasteiger partial charge in [0.15, 0.2) is 0 Å². The van der Waals surface area contributed by atoms with Crippen molar-refractivity contribution >= 4 is 21.8 Å². The second kappa shape index (κ2) is 6.74. The molecular formula is C11H20N2O5S. The van der Waals surface area contributed by atoms with Gasteiger partial charge in [-0.15, -0.1) is 0 Å². The van der Waals surface area contributed by atoms with Gasteiger partial charge in [0.05, 0.1) is 5.75 Å². The quantitative estimate of drug-likeness (QED) is 0.581. The molecule has 1 aliphatic rings. The number of hydrogen-bond donors (Lipinski definition) is 3. The molecular weight excluding hydrogens is 272 g/mol. The van der Waals surface area contributed by atoms with Gasteiger partial charge in [-0.25, -0.2) is 18.0 Å². The number of urea groups is 1. The number of aliphatic carboxylic acids is 1. The molecule has 110 valence electrons. The van der Waals surface area contributed by atoms with E-state index in [2.05, 4.69) is 10.6 Å². The first-order valence-electron chi connectivity index (χ1n) is 6.23. The van der Waals surface area contributed by atoms with Gasteiger partial charge in [0.2, 0.25) is 0 Å². The molecule has 1 atom stereocenters. The van der Waals surface area contributed by atoms with Crippen LogP contribution in [0.15, 0.2) is 0 Å². The monoisotopic (exact) mass is 292 g/mol. The smallest absolute Gasteiger partial charge is 0.326 e. The summed E-state index contributed by atoms with van der Waals surface area (Å²) in [4.78, 5) is 22.4. The highest BCUT2D eigenvalue weighted by atomic mass is 32.2. The molecule has 0 radical (unpaired) electrons. The molecule has 0 bridgehead atoms. The minimum atomic E-state index is -3.24. The lowest BCUT2D eigenvalue weighted by Gasteiger charge is -2.14. The third-order valence-electron chi connectivity index (χ3n) is 2.92. The molecule has 0 aliphatic heterocycles. The Labute approximate surface area is 112 Å². The van der Waals surface area contributed by atoms with Gasteiger partial charge in [-0.05, 0) is 18.8 Å². The number of rotatable bonds is 8. The van der Waals surface area contributed by atoms with Crippen molar-refractivity contribution in [2.24, 2.45) is 5.92 Å². The maximum atomic E-state index is 11.4. The van der Waals surface area contributed by atoms with Crippen molar-refractivity contribution in [3.05, 3.63) is 0 Å². The standard InChI is InChI=1S/C11H20N2O5S/c1-19(17,18)7-5-9(10(14)15)13-11(16)12-6-4-8-2-3-8/h8-9H,2-7H2,1H3,(H,14,15)(H2,12,13,16). The normalized spacial score (nSPS) is 16.7. The fourth-order valence-electron chi connectivity index (χ4n) is 1.59. The van der Waals surface area contributed by atoms with Crippen LogP contribution in [-0.4, -0.2) is 50.1 Å². The molecule has 3 N–H and O–H groups in total. The van der Waals surface area contributed by atoms with Gasteiger partial charge in [-0.1, -0.05) is 12.8 Å². The maximum absolute atomic E-state index is 11.4. The van der Waals surface area contributed by atoms with Crippen molar-refractivity contribution in [3.8, 4) is 0 Å². The molecule has 0 saturated heterocycles. The number of sulfone groups is 1. The molecule has 8 heteroatoms. The molecule has 7 nitrogen and oxygen atoms in total. The first kappa shape index (κ1) is 15.7. The molecule has 2 amide bonds. The summed E-state index contributed by atoms with van der Waals surface area (Å²) in [6, 6.07) is -1.75. The SMILES string of the molecule is CS(=O)(=O)CCC(NC(=O)NCCC1CC1)C(=O)O. The number of carboxylic acids is 1. The van der Waals surface area contributed by atoms with Gasteiger partial charge >= 0.3 is 12.0 Å². The molecule has 0 spiro atoms. The van der Waals surface area contributed by atoms with E-state index in [1.54, 1.807) is 0 Å². The Balaban J connectivity index is 2.30. The Morgan fingerprint density at radius 3 is 2.47 bits per heavy atom. The fraction of sp³-hybridized carbons (Fsp3) is 0.818. The topological polar surface area (TPSA) is 113 Å². The van der Waals surface area contributed by atoms with E-state index in [1.165, 1.54) is 12.8 Å². The van der Waals surface area contributed by atoms with Crippen LogP contribution in [0.1, 0.15) is 25.7 Å². The van der Waals surface area contributed by atoms with Crippen LogP contribution >= 0.6 is 0 Å². The molecule has 0 aromatic carbocycles. The van der Waals surface area contributed by atoms with Gasteiger partial charge in [0.1, 0.15) is 15.9 Å². The molecule has 19 heavy (non-hydrogen) atoms. The van der Waals surface area contributed by atoms with Crippen molar-refractivity contribution in [2.75, 3.05) is 18.6 Å². The summed E-state index contributed by atoms with van der Waals surface area (Å²) in [5.41, 5.74) is 0. The van der Waals surface area contributed by atoms with Crippen LogP contribution in [-0.2, 0) is 14.6 Å². The average molecular weight is 292 g/mol. The Kier molecular flexibility index (Phi) is 5.59. The lowest BCUT2D eigenvalue weighted by Crippen LogP contribution is -2.47. The van der Waals surface area contributed by atoms with E-state index in [0.717, 1.165) is 12.7 Å². The van der Waals surface area contributed by atoms with E-state index >= 15 is 0 Å². The summed E-state index contributed by atoms with van der Waals surface area (Å²) in [7, 11) is -3.24. The minimum absolute atomic E-state index is 0.135. The Morgan fingerprint density at radius 2 is 2.00 bits per heavy atom. The van der Waals surface area contributed by atoms with E-state index in [9.17, 15) is 18.0 Å². The number of carboxylic acid groups (broad SMARTS) is 1. The molecule has 1 aliphatic carbocycles. The lowest BCUT2D eigenvalue weighted by atomic mass is 10.2. The van der Waals surface area contributed by atoms with E-state index in [4.69, 9.17) is 5.11 Å². The van der Waals surface area contributed by atoms with Crippen LogP contribution in [0.4, 0.5) is 4.79 Å². The Hall–Kier alpha value is -1.31. The molecule has 0 aromatic heterocycles. The molecule has 1 saturated carbocycles. The van der Waals surface area contributed by atoms with Crippen molar-refractivity contribution in [1.29, 1.82) is 0 Å². The van der Waals surface area contributed by atoms with Gasteiger partial charge in [-0.2, -0.15) is 0 Å². The second-order valence-corrected chi connectivity index (χ2v) is 7.20.